The Morgan fingerprint density at radius 1 is 0.955 bits per heavy atom. The van der Waals surface area contributed by atoms with Gasteiger partial charge in [-0.3, -0.25) is 0 Å². The fourth-order valence-corrected chi connectivity index (χ4v) is 3.03. The van der Waals surface area contributed by atoms with Crippen LogP contribution in [0, 0.1) is 0 Å². The molecule has 0 unspecified atom stereocenters. The second-order valence-corrected chi connectivity index (χ2v) is 6.79. The van der Waals surface area contributed by atoms with E-state index < -0.39 is 0 Å². The first-order chi connectivity index (χ1) is 10.4. The van der Waals surface area contributed by atoms with Crippen LogP contribution in [0.15, 0.2) is 53.2 Å². The van der Waals surface area contributed by atoms with Gasteiger partial charge in [-0.2, -0.15) is 4.57 Å². The minimum atomic E-state index is 0.0221. The van der Waals surface area contributed by atoms with Gasteiger partial charge in [0.15, 0.2) is 17.3 Å². The van der Waals surface area contributed by atoms with E-state index in [1.165, 1.54) is 0 Å². The van der Waals surface area contributed by atoms with Crippen LogP contribution < -0.4 is 10.0 Å². The molecule has 0 fully saturated rings. The van der Waals surface area contributed by atoms with Gasteiger partial charge in [0.1, 0.15) is 13.4 Å². The third kappa shape index (κ3) is 1.85. The van der Waals surface area contributed by atoms with Crippen LogP contribution in [-0.4, -0.2) is 7.85 Å². The summed E-state index contributed by atoms with van der Waals surface area (Å²) < 4.78 is 8.25. The Hall–Kier alpha value is -2.29. The van der Waals surface area contributed by atoms with Gasteiger partial charge in [-0.15, -0.1) is 0 Å². The number of pyridine rings is 1. The van der Waals surface area contributed by atoms with Gasteiger partial charge in [0.05, 0.1) is 0 Å². The Morgan fingerprint density at radius 2 is 1.68 bits per heavy atom. The molecule has 3 heteroatoms. The first-order valence-electron chi connectivity index (χ1n) is 7.50. The van der Waals surface area contributed by atoms with E-state index in [2.05, 4.69) is 55.9 Å². The van der Waals surface area contributed by atoms with E-state index in [1.807, 2.05) is 18.2 Å². The van der Waals surface area contributed by atoms with Crippen LogP contribution in [0.5, 0.6) is 0 Å². The molecule has 0 saturated heterocycles. The molecule has 2 nitrogen and oxygen atoms in total. The number of hydrogen-bond donors (Lipinski definition) is 0. The van der Waals surface area contributed by atoms with Crippen molar-refractivity contribution in [3.05, 3.63) is 48.8 Å². The summed E-state index contributed by atoms with van der Waals surface area (Å²) >= 11 is 0. The smallest absolute Gasteiger partial charge is 0.212 e. The summed E-state index contributed by atoms with van der Waals surface area (Å²) in [6.07, 6.45) is 4.18. The van der Waals surface area contributed by atoms with Gasteiger partial charge in [-0.25, -0.2) is 0 Å². The Bertz CT molecular complexity index is 1020. The lowest BCUT2D eigenvalue weighted by molar-refractivity contribution is -0.753. The highest BCUT2D eigenvalue weighted by Gasteiger charge is 2.23. The van der Waals surface area contributed by atoms with Gasteiger partial charge in [-0.05, 0) is 16.8 Å². The quantitative estimate of drug-likeness (QED) is 0.357. The van der Waals surface area contributed by atoms with Crippen molar-refractivity contribution in [2.24, 2.45) is 0 Å². The molecule has 0 saturated carbocycles. The maximum atomic E-state index is 6.18. The van der Waals surface area contributed by atoms with E-state index >= 15 is 0 Å². The number of fused-ring (bicyclic) bond motifs is 5. The molecule has 0 N–H and O–H groups in total. The highest BCUT2D eigenvalue weighted by molar-refractivity contribution is 6.41. The number of rotatable bonds is 0. The molecule has 106 valence electrons. The lowest BCUT2D eigenvalue weighted by Crippen LogP contribution is -2.49. The first-order valence-corrected chi connectivity index (χ1v) is 7.50. The first kappa shape index (κ1) is 13.4. The average molecular weight is 286 g/mol. The highest BCUT2D eigenvalue weighted by atomic mass is 16.3. The van der Waals surface area contributed by atoms with Crippen LogP contribution in [0.25, 0.3) is 32.7 Å². The third-order valence-corrected chi connectivity index (χ3v) is 4.23. The summed E-state index contributed by atoms with van der Waals surface area (Å²) in [6, 6.07) is 12.3. The zero-order chi connectivity index (χ0) is 15.5. The molecule has 0 aliphatic heterocycles. The van der Waals surface area contributed by atoms with E-state index in [9.17, 15) is 0 Å². The van der Waals surface area contributed by atoms with Crippen LogP contribution in [-0.2, 0) is 5.54 Å². The molecule has 2 aromatic carbocycles. The van der Waals surface area contributed by atoms with Gasteiger partial charge >= 0.3 is 0 Å². The topological polar surface area (TPSA) is 17.0 Å². The van der Waals surface area contributed by atoms with Crippen LogP contribution in [0.3, 0.4) is 0 Å². The summed E-state index contributed by atoms with van der Waals surface area (Å²) in [5, 5.41) is 4.49. The van der Waals surface area contributed by atoms with Gasteiger partial charge in [0.25, 0.3) is 0 Å². The second kappa shape index (κ2) is 4.36. The molecule has 22 heavy (non-hydrogen) atoms. The largest absolute Gasteiger partial charge is 0.450 e. The fraction of sp³-hybridized carbons (Fsp3) is 0.211. The summed E-state index contributed by atoms with van der Waals surface area (Å²) in [5.41, 5.74) is 2.51. The van der Waals surface area contributed by atoms with Crippen molar-refractivity contribution in [3.8, 4) is 0 Å². The predicted molar refractivity (Wildman–Crippen MR) is 91.8 cm³/mol. The van der Waals surface area contributed by atoms with E-state index in [1.54, 1.807) is 0 Å². The van der Waals surface area contributed by atoms with Gasteiger partial charge in [-0.1, -0.05) is 29.7 Å². The molecule has 4 aromatic rings. The lowest BCUT2D eigenvalue weighted by Gasteiger charge is -2.11. The Kier molecular flexibility index (Phi) is 2.65. The maximum absolute atomic E-state index is 6.18. The molecule has 2 heterocycles. The highest BCUT2D eigenvalue weighted by Crippen LogP contribution is 2.33. The average Bonchev–Trinajstić information content (AvgIpc) is 2.83. The monoisotopic (exact) mass is 286 g/mol. The molecule has 0 aliphatic rings. The Morgan fingerprint density at radius 3 is 2.41 bits per heavy atom. The molecule has 2 radical (unpaired) electrons. The molecule has 4 rings (SSSR count). The van der Waals surface area contributed by atoms with Crippen molar-refractivity contribution in [1.82, 2.24) is 0 Å². The summed E-state index contributed by atoms with van der Waals surface area (Å²) in [6.45, 7) is 6.53. The van der Waals surface area contributed by atoms with Crippen molar-refractivity contribution in [2.45, 2.75) is 26.3 Å². The van der Waals surface area contributed by atoms with Crippen LogP contribution in [0.4, 0.5) is 0 Å². The zero-order valence-electron chi connectivity index (χ0n) is 13.1. The number of benzene rings is 2. The van der Waals surface area contributed by atoms with Crippen LogP contribution in [0.1, 0.15) is 20.8 Å². The summed E-state index contributed by atoms with van der Waals surface area (Å²) in [4.78, 5) is 0. The predicted octanol–water partition coefficient (Wildman–Crippen LogP) is 3.58. The van der Waals surface area contributed by atoms with Crippen molar-refractivity contribution in [1.29, 1.82) is 0 Å². The summed E-state index contributed by atoms with van der Waals surface area (Å²) in [5.74, 6) is 0. The number of hydrogen-bond acceptors (Lipinski definition) is 1. The second-order valence-electron chi connectivity index (χ2n) is 6.79. The molecular formula is C19H17BNO+. The number of furan rings is 1. The molecule has 0 aliphatic carbocycles. The maximum Gasteiger partial charge on any atom is 0.212 e. The fourth-order valence-electron chi connectivity index (χ4n) is 3.03. The summed E-state index contributed by atoms with van der Waals surface area (Å²) in [7, 11) is 6.18. The van der Waals surface area contributed by atoms with Crippen LogP contribution >= 0.6 is 0 Å². The normalized spacial score (nSPS) is 12.5. The number of aromatic nitrogens is 1. The van der Waals surface area contributed by atoms with E-state index in [0.717, 1.165) is 38.2 Å². The van der Waals surface area contributed by atoms with Crippen molar-refractivity contribution >= 4 is 46.0 Å². The Labute approximate surface area is 130 Å². The Balaban J connectivity index is 2.17. The van der Waals surface area contributed by atoms with E-state index in [-0.39, 0.29) is 5.54 Å². The molecular weight excluding hydrogens is 269 g/mol. The third-order valence-electron chi connectivity index (χ3n) is 4.23. The standard InChI is InChI=1S/C19H17BNO/c1-19(2,3)21-9-8-14-17(11-21)22-16-10-15(20)12-6-4-5-7-13(12)18(14)16/h4-11H,1-3H3/q+1. The van der Waals surface area contributed by atoms with Crippen LogP contribution in [0.2, 0.25) is 0 Å². The molecule has 0 bridgehead atoms. The van der Waals surface area contributed by atoms with Gasteiger partial charge < -0.3 is 4.42 Å². The van der Waals surface area contributed by atoms with Crippen molar-refractivity contribution in [3.63, 3.8) is 0 Å². The van der Waals surface area contributed by atoms with Gasteiger partial charge in [0.2, 0.25) is 6.20 Å². The SMILES string of the molecule is [B]c1cc2oc3c[n+](C(C)(C)C)ccc3c2c2ccccc12. The molecule has 0 atom stereocenters. The molecule has 0 amide bonds. The minimum absolute atomic E-state index is 0.0221. The van der Waals surface area contributed by atoms with E-state index in [0.29, 0.717) is 0 Å². The van der Waals surface area contributed by atoms with Crippen molar-refractivity contribution < 1.29 is 8.98 Å². The molecule has 0 spiro atoms. The van der Waals surface area contributed by atoms with E-state index in [4.69, 9.17) is 12.3 Å². The lowest BCUT2D eigenvalue weighted by atomic mass is 9.88. The van der Waals surface area contributed by atoms with Gasteiger partial charge in [0, 0.05) is 37.6 Å². The van der Waals surface area contributed by atoms with Crippen molar-refractivity contribution in [2.75, 3.05) is 0 Å². The number of nitrogens with zero attached hydrogens (tertiary/aromatic N) is 1. The zero-order valence-corrected chi connectivity index (χ0v) is 13.1. The minimum Gasteiger partial charge on any atom is -0.450 e. The molecule has 2 aromatic heterocycles.